The summed E-state index contributed by atoms with van der Waals surface area (Å²) in [6.07, 6.45) is 1.88. The van der Waals surface area contributed by atoms with E-state index >= 15 is 0 Å². The van der Waals surface area contributed by atoms with Gasteiger partial charge in [0.05, 0.1) is 6.20 Å². The first-order chi connectivity index (χ1) is 8.74. The largest absolute Gasteiger partial charge is 0.454 e. The number of aromatic nitrogens is 2. The van der Waals surface area contributed by atoms with Gasteiger partial charge in [-0.05, 0) is 19.1 Å². The number of anilines is 1. The maximum Gasteiger partial charge on any atom is 0.231 e. The van der Waals surface area contributed by atoms with Crippen molar-refractivity contribution in [2.24, 2.45) is 7.05 Å². The van der Waals surface area contributed by atoms with Crippen LogP contribution in [-0.4, -0.2) is 16.6 Å². The van der Waals surface area contributed by atoms with Crippen molar-refractivity contribution in [1.82, 2.24) is 9.78 Å². The molecule has 0 fully saturated rings. The molecule has 1 aliphatic rings. The van der Waals surface area contributed by atoms with Gasteiger partial charge in [0.25, 0.3) is 0 Å². The zero-order chi connectivity index (χ0) is 12.5. The van der Waals surface area contributed by atoms with Gasteiger partial charge in [0.1, 0.15) is 0 Å². The van der Waals surface area contributed by atoms with Crippen LogP contribution in [0.15, 0.2) is 24.4 Å². The minimum atomic E-state index is 0.306. The number of ether oxygens (including phenoxy) is 2. The van der Waals surface area contributed by atoms with Gasteiger partial charge in [-0.3, -0.25) is 4.68 Å². The van der Waals surface area contributed by atoms with E-state index in [9.17, 15) is 0 Å². The van der Waals surface area contributed by atoms with Crippen LogP contribution in [0.2, 0.25) is 0 Å². The Morgan fingerprint density at radius 1 is 1.33 bits per heavy atom. The summed E-state index contributed by atoms with van der Waals surface area (Å²) in [5, 5.41) is 7.57. The minimum absolute atomic E-state index is 0.306. The molecule has 0 radical (unpaired) electrons. The lowest BCUT2D eigenvalue weighted by molar-refractivity contribution is 0.174. The average molecular weight is 245 g/mol. The predicted molar refractivity (Wildman–Crippen MR) is 67.8 cm³/mol. The summed E-state index contributed by atoms with van der Waals surface area (Å²) in [5.41, 5.74) is 3.38. The van der Waals surface area contributed by atoms with E-state index in [2.05, 4.69) is 17.3 Å². The molecule has 0 saturated carbocycles. The van der Waals surface area contributed by atoms with E-state index in [1.807, 2.05) is 36.1 Å². The highest BCUT2D eigenvalue weighted by molar-refractivity contribution is 5.55. The number of rotatable bonds is 3. The molecule has 0 atom stereocenters. The number of nitrogens with one attached hydrogen (secondary N) is 1. The van der Waals surface area contributed by atoms with Gasteiger partial charge in [0, 0.05) is 36.6 Å². The van der Waals surface area contributed by atoms with Crippen LogP contribution in [0.4, 0.5) is 5.69 Å². The number of fused-ring (bicyclic) bond motifs is 1. The highest BCUT2D eigenvalue weighted by atomic mass is 16.7. The maximum absolute atomic E-state index is 5.34. The van der Waals surface area contributed by atoms with Crippen LogP contribution in [-0.2, 0) is 13.6 Å². The van der Waals surface area contributed by atoms with Gasteiger partial charge in [-0.2, -0.15) is 5.10 Å². The lowest BCUT2D eigenvalue weighted by atomic mass is 10.2. The molecular formula is C13H15N3O2. The van der Waals surface area contributed by atoms with Gasteiger partial charge in [-0.1, -0.05) is 0 Å². The standard InChI is InChI=1S/C13H15N3O2/c1-9-10(7-15-16(9)2)6-14-11-3-4-12-13(5-11)18-8-17-12/h3-5,7,14H,6,8H2,1-2H3. The summed E-state index contributed by atoms with van der Waals surface area (Å²) < 4.78 is 12.5. The Bertz CT molecular complexity index is 578. The van der Waals surface area contributed by atoms with E-state index in [4.69, 9.17) is 9.47 Å². The molecule has 0 saturated heterocycles. The first-order valence-electron chi connectivity index (χ1n) is 5.85. The number of benzene rings is 1. The second-order valence-corrected chi connectivity index (χ2v) is 4.30. The third-order valence-electron chi connectivity index (χ3n) is 3.19. The van der Waals surface area contributed by atoms with Crippen molar-refractivity contribution in [1.29, 1.82) is 0 Å². The van der Waals surface area contributed by atoms with Crippen LogP contribution >= 0.6 is 0 Å². The fourth-order valence-electron chi connectivity index (χ4n) is 1.92. The van der Waals surface area contributed by atoms with Crippen LogP contribution < -0.4 is 14.8 Å². The van der Waals surface area contributed by atoms with Gasteiger partial charge in [0.15, 0.2) is 11.5 Å². The van der Waals surface area contributed by atoms with Gasteiger partial charge in [-0.15, -0.1) is 0 Å². The van der Waals surface area contributed by atoms with Crippen molar-refractivity contribution in [3.05, 3.63) is 35.7 Å². The number of nitrogens with zero attached hydrogens (tertiary/aromatic N) is 2. The fraction of sp³-hybridized carbons (Fsp3) is 0.308. The molecular weight excluding hydrogens is 230 g/mol. The molecule has 1 N–H and O–H groups in total. The molecule has 0 bridgehead atoms. The second-order valence-electron chi connectivity index (χ2n) is 4.30. The normalized spacial score (nSPS) is 12.8. The summed E-state index contributed by atoms with van der Waals surface area (Å²) in [7, 11) is 1.94. The molecule has 1 aliphatic heterocycles. The Labute approximate surface area is 105 Å². The summed E-state index contributed by atoms with van der Waals surface area (Å²) in [6, 6.07) is 5.86. The molecule has 94 valence electrons. The van der Waals surface area contributed by atoms with Crippen LogP contribution in [0.25, 0.3) is 0 Å². The Balaban J connectivity index is 1.72. The van der Waals surface area contributed by atoms with Gasteiger partial charge in [-0.25, -0.2) is 0 Å². The topological polar surface area (TPSA) is 48.3 Å². The summed E-state index contributed by atoms with van der Waals surface area (Å²) >= 11 is 0. The minimum Gasteiger partial charge on any atom is -0.454 e. The lowest BCUT2D eigenvalue weighted by Gasteiger charge is -2.07. The summed E-state index contributed by atoms with van der Waals surface area (Å²) in [4.78, 5) is 0. The maximum atomic E-state index is 5.34. The quantitative estimate of drug-likeness (QED) is 0.899. The number of hydrogen-bond donors (Lipinski definition) is 1. The predicted octanol–water partition coefficient (Wildman–Crippen LogP) is 2.07. The molecule has 5 nitrogen and oxygen atoms in total. The molecule has 2 aromatic rings. The lowest BCUT2D eigenvalue weighted by Crippen LogP contribution is -2.01. The molecule has 0 spiro atoms. The number of hydrogen-bond acceptors (Lipinski definition) is 4. The molecule has 0 unspecified atom stereocenters. The van der Waals surface area contributed by atoms with Crippen molar-refractivity contribution in [3.8, 4) is 11.5 Å². The van der Waals surface area contributed by atoms with E-state index in [0.717, 1.165) is 23.7 Å². The summed E-state index contributed by atoms with van der Waals surface area (Å²) in [5.74, 6) is 1.60. The van der Waals surface area contributed by atoms with Crippen molar-refractivity contribution >= 4 is 5.69 Å². The monoisotopic (exact) mass is 245 g/mol. The highest BCUT2D eigenvalue weighted by Gasteiger charge is 2.13. The van der Waals surface area contributed by atoms with Crippen molar-refractivity contribution in [3.63, 3.8) is 0 Å². The fourth-order valence-corrected chi connectivity index (χ4v) is 1.92. The third-order valence-corrected chi connectivity index (χ3v) is 3.19. The molecule has 1 aromatic carbocycles. The SMILES string of the molecule is Cc1c(CNc2ccc3c(c2)OCO3)cnn1C. The van der Waals surface area contributed by atoms with E-state index < -0.39 is 0 Å². The molecule has 3 rings (SSSR count). The number of aryl methyl sites for hydroxylation is 1. The average Bonchev–Trinajstić information content (AvgIpc) is 2.96. The zero-order valence-corrected chi connectivity index (χ0v) is 10.4. The molecule has 18 heavy (non-hydrogen) atoms. The molecule has 0 amide bonds. The smallest absolute Gasteiger partial charge is 0.231 e. The van der Waals surface area contributed by atoms with Crippen LogP contribution in [0, 0.1) is 6.92 Å². The van der Waals surface area contributed by atoms with E-state index in [1.165, 1.54) is 11.3 Å². The van der Waals surface area contributed by atoms with Crippen molar-refractivity contribution in [2.45, 2.75) is 13.5 Å². The third kappa shape index (κ3) is 1.88. The van der Waals surface area contributed by atoms with Crippen LogP contribution in [0.1, 0.15) is 11.3 Å². The Hall–Kier alpha value is -2.17. The Morgan fingerprint density at radius 3 is 2.94 bits per heavy atom. The molecule has 5 heteroatoms. The zero-order valence-electron chi connectivity index (χ0n) is 10.4. The van der Waals surface area contributed by atoms with Gasteiger partial charge in [0.2, 0.25) is 6.79 Å². The van der Waals surface area contributed by atoms with Crippen LogP contribution in [0.5, 0.6) is 11.5 Å². The second kappa shape index (κ2) is 4.25. The first kappa shape index (κ1) is 11.0. The van der Waals surface area contributed by atoms with E-state index in [-0.39, 0.29) is 0 Å². The molecule has 1 aromatic heterocycles. The molecule has 2 heterocycles. The molecule has 0 aliphatic carbocycles. The Morgan fingerprint density at radius 2 is 2.17 bits per heavy atom. The summed E-state index contributed by atoms with van der Waals surface area (Å²) in [6.45, 7) is 3.11. The van der Waals surface area contributed by atoms with E-state index in [0.29, 0.717) is 6.79 Å². The van der Waals surface area contributed by atoms with Crippen molar-refractivity contribution in [2.75, 3.05) is 12.1 Å². The van der Waals surface area contributed by atoms with Crippen LogP contribution in [0.3, 0.4) is 0 Å². The highest BCUT2D eigenvalue weighted by Crippen LogP contribution is 2.34. The van der Waals surface area contributed by atoms with Crippen molar-refractivity contribution < 1.29 is 9.47 Å². The van der Waals surface area contributed by atoms with Gasteiger partial charge < -0.3 is 14.8 Å². The first-order valence-corrected chi connectivity index (χ1v) is 5.85. The van der Waals surface area contributed by atoms with Gasteiger partial charge >= 0.3 is 0 Å². The Kier molecular flexibility index (Phi) is 2.59. The van der Waals surface area contributed by atoms with E-state index in [1.54, 1.807) is 0 Å².